The third kappa shape index (κ3) is 6.41. The normalized spacial score (nSPS) is 10.6. The third-order valence-corrected chi connectivity index (χ3v) is 3.22. The summed E-state index contributed by atoms with van der Waals surface area (Å²) in [6.45, 7) is 5.78. The molecule has 0 aliphatic heterocycles. The largest absolute Gasteiger partial charge is 0.384 e. The van der Waals surface area contributed by atoms with Gasteiger partial charge in [0.15, 0.2) is 0 Å². The fourth-order valence-electron chi connectivity index (χ4n) is 2.12. The van der Waals surface area contributed by atoms with Crippen LogP contribution in [0.25, 0.3) is 0 Å². The molecule has 1 heterocycles. The van der Waals surface area contributed by atoms with Crippen molar-refractivity contribution in [3.63, 3.8) is 0 Å². The summed E-state index contributed by atoms with van der Waals surface area (Å²) in [4.78, 5) is 11.8. The van der Waals surface area contributed by atoms with Gasteiger partial charge in [0, 0.05) is 19.2 Å². The molecule has 108 valence electrons. The lowest BCUT2D eigenvalue weighted by molar-refractivity contribution is 0.506. The van der Waals surface area contributed by atoms with E-state index in [0.29, 0.717) is 0 Å². The number of hydrogen-bond donors (Lipinski definition) is 1. The number of nitrogens with one attached hydrogen (secondary N) is 1. The van der Waals surface area contributed by atoms with Crippen LogP contribution in [0.4, 0.5) is 5.69 Å². The first kappa shape index (κ1) is 15.7. The number of hydrogen-bond acceptors (Lipinski definition) is 3. The van der Waals surface area contributed by atoms with Crippen LogP contribution in [0.1, 0.15) is 58.8 Å². The minimum Gasteiger partial charge on any atom is -0.384 e. The number of anilines is 1. The van der Waals surface area contributed by atoms with Crippen LogP contribution in [0.2, 0.25) is 0 Å². The fraction of sp³-hybridized carbons (Fsp3) is 0.733. The van der Waals surface area contributed by atoms with Crippen LogP contribution in [0.15, 0.2) is 17.1 Å². The van der Waals surface area contributed by atoms with Gasteiger partial charge in [-0.05, 0) is 13.3 Å². The zero-order valence-electron chi connectivity index (χ0n) is 12.3. The van der Waals surface area contributed by atoms with E-state index in [-0.39, 0.29) is 5.56 Å². The molecule has 0 saturated heterocycles. The van der Waals surface area contributed by atoms with Crippen molar-refractivity contribution in [3.8, 4) is 0 Å². The highest BCUT2D eigenvalue weighted by atomic mass is 16.1. The van der Waals surface area contributed by atoms with Crippen molar-refractivity contribution < 1.29 is 0 Å². The maximum absolute atomic E-state index is 11.8. The molecular formula is C15H27N3O. The maximum Gasteiger partial charge on any atom is 0.268 e. The fourth-order valence-corrected chi connectivity index (χ4v) is 2.12. The third-order valence-electron chi connectivity index (χ3n) is 3.22. The van der Waals surface area contributed by atoms with E-state index in [9.17, 15) is 4.79 Å². The first-order valence-electron chi connectivity index (χ1n) is 7.59. The Labute approximate surface area is 116 Å². The molecule has 0 radical (unpaired) electrons. The molecule has 1 aromatic heterocycles. The van der Waals surface area contributed by atoms with Gasteiger partial charge in [0.1, 0.15) is 0 Å². The van der Waals surface area contributed by atoms with Gasteiger partial charge < -0.3 is 5.32 Å². The van der Waals surface area contributed by atoms with E-state index in [0.717, 1.165) is 25.2 Å². The van der Waals surface area contributed by atoms with Gasteiger partial charge in [0.2, 0.25) is 0 Å². The van der Waals surface area contributed by atoms with Crippen molar-refractivity contribution in [2.45, 2.75) is 65.3 Å². The molecule has 4 nitrogen and oxygen atoms in total. The molecule has 19 heavy (non-hydrogen) atoms. The summed E-state index contributed by atoms with van der Waals surface area (Å²) in [7, 11) is 0. The minimum atomic E-state index is -0.00978. The van der Waals surface area contributed by atoms with Gasteiger partial charge in [-0.3, -0.25) is 4.79 Å². The molecule has 4 heteroatoms. The first-order chi connectivity index (χ1) is 9.27. The van der Waals surface area contributed by atoms with Crippen molar-refractivity contribution in [1.29, 1.82) is 0 Å². The van der Waals surface area contributed by atoms with Crippen LogP contribution in [-0.4, -0.2) is 16.3 Å². The van der Waals surface area contributed by atoms with E-state index in [4.69, 9.17) is 0 Å². The summed E-state index contributed by atoms with van der Waals surface area (Å²) in [5.74, 6) is 0. The van der Waals surface area contributed by atoms with Gasteiger partial charge >= 0.3 is 0 Å². The standard InChI is InChI=1S/C15H27N3O/c1-3-5-6-7-8-9-10-11-18-15(19)12-14(13-17-18)16-4-2/h12-13,16H,3-11H2,1-2H3. The highest BCUT2D eigenvalue weighted by Gasteiger charge is 1.99. The van der Waals surface area contributed by atoms with Gasteiger partial charge in [0.25, 0.3) is 5.56 Å². The first-order valence-corrected chi connectivity index (χ1v) is 7.59. The van der Waals surface area contributed by atoms with E-state index < -0.39 is 0 Å². The van der Waals surface area contributed by atoms with Crippen molar-refractivity contribution in [3.05, 3.63) is 22.6 Å². The zero-order valence-corrected chi connectivity index (χ0v) is 12.3. The Hall–Kier alpha value is -1.32. The summed E-state index contributed by atoms with van der Waals surface area (Å²) >= 11 is 0. The zero-order chi connectivity index (χ0) is 13.9. The minimum absolute atomic E-state index is 0.00978. The number of unbranched alkanes of at least 4 members (excludes halogenated alkanes) is 6. The Morgan fingerprint density at radius 2 is 1.79 bits per heavy atom. The molecule has 0 atom stereocenters. The number of rotatable bonds is 10. The summed E-state index contributed by atoms with van der Waals surface area (Å²) < 4.78 is 1.56. The SMILES string of the molecule is CCCCCCCCCn1ncc(NCC)cc1=O. The van der Waals surface area contributed by atoms with Crippen molar-refractivity contribution in [2.24, 2.45) is 0 Å². The quantitative estimate of drug-likeness (QED) is 0.659. The molecule has 0 fully saturated rings. The molecule has 0 unspecified atom stereocenters. The van der Waals surface area contributed by atoms with E-state index in [1.807, 2.05) is 6.92 Å². The monoisotopic (exact) mass is 265 g/mol. The molecule has 1 N–H and O–H groups in total. The van der Waals surface area contributed by atoms with Crippen LogP contribution >= 0.6 is 0 Å². The molecule has 0 amide bonds. The average Bonchev–Trinajstić information content (AvgIpc) is 2.40. The molecule has 0 saturated carbocycles. The Morgan fingerprint density at radius 1 is 1.11 bits per heavy atom. The molecule has 0 aromatic carbocycles. The smallest absolute Gasteiger partial charge is 0.268 e. The molecule has 1 aromatic rings. The molecule has 0 aliphatic rings. The second-order valence-electron chi connectivity index (χ2n) is 4.96. The van der Waals surface area contributed by atoms with Gasteiger partial charge in [-0.2, -0.15) is 5.10 Å². The Morgan fingerprint density at radius 3 is 2.42 bits per heavy atom. The van der Waals surface area contributed by atoms with Gasteiger partial charge in [-0.25, -0.2) is 4.68 Å². The lowest BCUT2D eigenvalue weighted by atomic mass is 10.1. The molecule has 0 bridgehead atoms. The number of nitrogens with zero attached hydrogens (tertiary/aromatic N) is 2. The number of aryl methyl sites for hydroxylation is 1. The van der Waals surface area contributed by atoms with Crippen molar-refractivity contribution in [1.82, 2.24) is 9.78 Å². The van der Waals surface area contributed by atoms with Gasteiger partial charge in [-0.1, -0.05) is 45.4 Å². The number of aromatic nitrogens is 2. The highest BCUT2D eigenvalue weighted by molar-refractivity contribution is 5.38. The summed E-state index contributed by atoms with van der Waals surface area (Å²) in [5, 5.41) is 7.28. The van der Waals surface area contributed by atoms with Gasteiger partial charge in [-0.15, -0.1) is 0 Å². The highest BCUT2D eigenvalue weighted by Crippen LogP contribution is 2.07. The molecule has 0 spiro atoms. The lowest BCUT2D eigenvalue weighted by Gasteiger charge is -2.06. The van der Waals surface area contributed by atoms with Crippen LogP contribution < -0.4 is 10.9 Å². The lowest BCUT2D eigenvalue weighted by Crippen LogP contribution is -2.22. The molecule has 0 aliphatic carbocycles. The Balaban J connectivity index is 2.24. The average molecular weight is 265 g/mol. The Bertz CT molecular complexity index is 401. The molecular weight excluding hydrogens is 238 g/mol. The predicted octanol–water partition coefficient (Wildman–Crippen LogP) is 3.43. The van der Waals surface area contributed by atoms with Gasteiger partial charge in [0.05, 0.1) is 11.9 Å². The van der Waals surface area contributed by atoms with Crippen molar-refractivity contribution in [2.75, 3.05) is 11.9 Å². The van der Waals surface area contributed by atoms with Crippen LogP contribution in [0.3, 0.4) is 0 Å². The second-order valence-corrected chi connectivity index (χ2v) is 4.96. The molecule has 1 rings (SSSR count). The van der Waals surface area contributed by atoms with E-state index in [1.54, 1.807) is 16.9 Å². The van der Waals surface area contributed by atoms with E-state index in [2.05, 4.69) is 17.3 Å². The summed E-state index contributed by atoms with van der Waals surface area (Å²) in [6, 6.07) is 1.62. The van der Waals surface area contributed by atoms with Crippen LogP contribution in [0.5, 0.6) is 0 Å². The Kier molecular flexibility index (Phi) is 7.94. The maximum atomic E-state index is 11.8. The summed E-state index contributed by atoms with van der Waals surface area (Å²) in [5.41, 5.74) is 0.799. The predicted molar refractivity (Wildman–Crippen MR) is 80.7 cm³/mol. The van der Waals surface area contributed by atoms with Crippen LogP contribution in [-0.2, 0) is 6.54 Å². The van der Waals surface area contributed by atoms with Crippen LogP contribution in [0, 0.1) is 0 Å². The van der Waals surface area contributed by atoms with E-state index >= 15 is 0 Å². The summed E-state index contributed by atoms with van der Waals surface area (Å²) in [6.07, 6.45) is 10.5. The van der Waals surface area contributed by atoms with Crippen molar-refractivity contribution >= 4 is 5.69 Å². The van der Waals surface area contributed by atoms with E-state index in [1.165, 1.54) is 38.5 Å². The topological polar surface area (TPSA) is 46.9 Å². The second kappa shape index (κ2) is 9.59.